The van der Waals surface area contributed by atoms with Gasteiger partial charge < -0.3 is 9.84 Å². The van der Waals surface area contributed by atoms with Crippen molar-refractivity contribution in [2.24, 2.45) is 0 Å². The zero-order valence-corrected chi connectivity index (χ0v) is 11.7. The minimum Gasteiger partial charge on any atom is -0.497 e. The molecule has 0 saturated carbocycles. The number of nitrogens with one attached hydrogen (secondary N) is 1. The highest BCUT2D eigenvalue weighted by molar-refractivity contribution is 6.07. The Balaban J connectivity index is 1.99. The Morgan fingerprint density at radius 2 is 1.77 bits per heavy atom. The molecule has 2 aromatic carbocycles. The van der Waals surface area contributed by atoms with E-state index in [2.05, 4.69) is 20.4 Å². The topological polar surface area (TPSA) is 83.9 Å². The van der Waals surface area contributed by atoms with Gasteiger partial charge in [-0.05, 0) is 17.7 Å². The van der Waals surface area contributed by atoms with E-state index in [4.69, 9.17) is 4.74 Å². The van der Waals surface area contributed by atoms with Crippen LogP contribution in [0.2, 0.25) is 0 Å². The quantitative estimate of drug-likeness (QED) is 0.593. The van der Waals surface area contributed by atoms with Gasteiger partial charge in [-0.25, -0.2) is 0 Å². The molecule has 2 aromatic heterocycles. The van der Waals surface area contributed by atoms with Gasteiger partial charge in [0, 0.05) is 10.9 Å². The Labute approximate surface area is 125 Å². The normalized spacial score (nSPS) is 11.1. The van der Waals surface area contributed by atoms with E-state index in [1.807, 2.05) is 42.5 Å². The van der Waals surface area contributed by atoms with Gasteiger partial charge in [0.2, 0.25) is 0 Å². The van der Waals surface area contributed by atoms with Gasteiger partial charge in [0.25, 0.3) is 5.88 Å². The fraction of sp³-hybridized carbons (Fsp3) is 0.0625. The number of aromatic nitrogens is 4. The van der Waals surface area contributed by atoms with Crippen LogP contribution in [0.3, 0.4) is 0 Å². The fourth-order valence-electron chi connectivity index (χ4n) is 2.57. The molecule has 2 heterocycles. The van der Waals surface area contributed by atoms with Crippen molar-refractivity contribution in [2.75, 3.05) is 7.11 Å². The molecule has 6 nitrogen and oxygen atoms in total. The van der Waals surface area contributed by atoms with E-state index < -0.39 is 0 Å². The van der Waals surface area contributed by atoms with Gasteiger partial charge in [0.1, 0.15) is 11.3 Å². The molecule has 0 amide bonds. The maximum absolute atomic E-state index is 9.66. The van der Waals surface area contributed by atoms with Gasteiger partial charge in [0.05, 0.1) is 12.6 Å². The fourth-order valence-corrected chi connectivity index (χ4v) is 2.57. The van der Waals surface area contributed by atoms with Crippen LogP contribution >= 0.6 is 0 Å². The van der Waals surface area contributed by atoms with Crippen molar-refractivity contribution in [3.63, 3.8) is 0 Å². The van der Waals surface area contributed by atoms with Crippen LogP contribution in [0.1, 0.15) is 0 Å². The first kappa shape index (κ1) is 12.6. The second-order valence-electron chi connectivity index (χ2n) is 4.90. The summed E-state index contributed by atoms with van der Waals surface area (Å²) in [7, 11) is 1.64. The largest absolute Gasteiger partial charge is 0.497 e. The molecule has 0 unspecified atom stereocenters. The van der Waals surface area contributed by atoms with Crippen LogP contribution in [-0.2, 0) is 0 Å². The predicted molar refractivity (Wildman–Crippen MR) is 82.8 cm³/mol. The molecule has 0 spiro atoms. The lowest BCUT2D eigenvalue weighted by atomic mass is 10.0. The molecule has 0 saturated heterocycles. The van der Waals surface area contributed by atoms with Crippen molar-refractivity contribution in [3.8, 4) is 22.8 Å². The highest BCUT2D eigenvalue weighted by Crippen LogP contribution is 2.32. The lowest BCUT2D eigenvalue weighted by Crippen LogP contribution is -1.90. The predicted octanol–water partition coefficient (Wildman–Crippen LogP) is 2.89. The number of aromatic amines is 1. The van der Waals surface area contributed by atoms with Gasteiger partial charge in [-0.2, -0.15) is 0 Å². The number of benzene rings is 2. The Morgan fingerprint density at radius 1 is 1.00 bits per heavy atom. The van der Waals surface area contributed by atoms with Crippen LogP contribution < -0.4 is 4.74 Å². The number of fused-ring (bicyclic) bond motifs is 3. The molecule has 0 aliphatic heterocycles. The summed E-state index contributed by atoms with van der Waals surface area (Å²) in [4.78, 5) is 0. The average molecular weight is 292 g/mol. The Kier molecular flexibility index (Phi) is 2.69. The summed E-state index contributed by atoms with van der Waals surface area (Å²) in [6.07, 6.45) is 0. The number of aromatic hydroxyl groups is 1. The lowest BCUT2D eigenvalue weighted by molar-refractivity contribution is 0.415. The van der Waals surface area contributed by atoms with Crippen molar-refractivity contribution in [1.82, 2.24) is 20.4 Å². The molecule has 0 radical (unpaired) electrons. The summed E-state index contributed by atoms with van der Waals surface area (Å²) >= 11 is 0. The summed E-state index contributed by atoms with van der Waals surface area (Å²) < 4.78 is 5.18. The molecule has 0 fully saturated rings. The number of H-pyrrole nitrogens is 1. The van der Waals surface area contributed by atoms with E-state index in [-0.39, 0.29) is 5.88 Å². The minimum absolute atomic E-state index is 0.140. The van der Waals surface area contributed by atoms with E-state index in [0.29, 0.717) is 11.0 Å². The van der Waals surface area contributed by atoms with Crippen LogP contribution in [0.25, 0.3) is 33.1 Å². The average Bonchev–Trinajstić information content (AvgIpc) is 2.96. The standard InChI is InChI=1S/C16H12N4O2/c1-22-10-7-5-9(6-8-10)11-3-2-4-12-13(11)17-19-15-14(12)18-20-16(15)21/h2-8H,1H3,(H2,18,20,21). The van der Waals surface area contributed by atoms with E-state index in [0.717, 1.165) is 27.8 Å². The molecule has 0 aliphatic carbocycles. The van der Waals surface area contributed by atoms with Gasteiger partial charge >= 0.3 is 0 Å². The van der Waals surface area contributed by atoms with Crippen LogP contribution in [0, 0.1) is 0 Å². The van der Waals surface area contributed by atoms with Crippen LogP contribution in [0.5, 0.6) is 11.6 Å². The van der Waals surface area contributed by atoms with E-state index in [1.54, 1.807) is 7.11 Å². The summed E-state index contributed by atoms with van der Waals surface area (Å²) in [5, 5.41) is 25.4. The molecule has 0 atom stereocenters. The maximum atomic E-state index is 9.66. The van der Waals surface area contributed by atoms with E-state index in [1.165, 1.54) is 0 Å². The molecule has 108 valence electrons. The number of nitrogens with zero attached hydrogens (tertiary/aromatic N) is 3. The van der Waals surface area contributed by atoms with Gasteiger partial charge in [0.15, 0.2) is 5.52 Å². The first-order valence-corrected chi connectivity index (χ1v) is 6.75. The number of rotatable bonds is 2. The molecule has 4 rings (SSSR count). The number of hydrogen-bond acceptors (Lipinski definition) is 5. The second-order valence-corrected chi connectivity index (χ2v) is 4.90. The van der Waals surface area contributed by atoms with Crippen LogP contribution in [-0.4, -0.2) is 32.6 Å². The Bertz CT molecular complexity index is 977. The third-order valence-electron chi connectivity index (χ3n) is 3.68. The van der Waals surface area contributed by atoms with Crippen molar-refractivity contribution in [2.45, 2.75) is 0 Å². The molecule has 0 bridgehead atoms. The molecule has 0 aliphatic rings. The van der Waals surface area contributed by atoms with Crippen molar-refractivity contribution < 1.29 is 9.84 Å². The Morgan fingerprint density at radius 3 is 2.55 bits per heavy atom. The summed E-state index contributed by atoms with van der Waals surface area (Å²) in [6, 6.07) is 13.6. The van der Waals surface area contributed by atoms with E-state index >= 15 is 0 Å². The monoisotopic (exact) mass is 292 g/mol. The zero-order chi connectivity index (χ0) is 15.1. The van der Waals surface area contributed by atoms with Gasteiger partial charge in [-0.1, -0.05) is 30.3 Å². The van der Waals surface area contributed by atoms with Crippen LogP contribution in [0.15, 0.2) is 42.5 Å². The van der Waals surface area contributed by atoms with Gasteiger partial charge in [-0.3, -0.25) is 5.10 Å². The first-order valence-electron chi connectivity index (χ1n) is 6.75. The van der Waals surface area contributed by atoms with E-state index in [9.17, 15) is 5.11 Å². The summed E-state index contributed by atoms with van der Waals surface area (Å²) in [5.41, 5.74) is 3.79. The third-order valence-corrected chi connectivity index (χ3v) is 3.68. The molecular weight excluding hydrogens is 280 g/mol. The first-order chi connectivity index (χ1) is 10.8. The smallest absolute Gasteiger partial charge is 0.258 e. The minimum atomic E-state index is -0.140. The highest BCUT2D eigenvalue weighted by Gasteiger charge is 2.13. The highest BCUT2D eigenvalue weighted by atomic mass is 16.5. The second kappa shape index (κ2) is 4.70. The molecular formula is C16H12N4O2. The molecule has 22 heavy (non-hydrogen) atoms. The molecule has 6 heteroatoms. The van der Waals surface area contributed by atoms with Gasteiger partial charge in [-0.15, -0.1) is 15.3 Å². The van der Waals surface area contributed by atoms with Crippen molar-refractivity contribution >= 4 is 21.9 Å². The zero-order valence-electron chi connectivity index (χ0n) is 11.7. The van der Waals surface area contributed by atoms with Crippen LogP contribution in [0.4, 0.5) is 0 Å². The maximum Gasteiger partial charge on any atom is 0.258 e. The number of ether oxygens (including phenoxy) is 1. The SMILES string of the molecule is COc1ccc(-c2cccc3c2nnc2c(O)n[nH]c23)cc1. The van der Waals surface area contributed by atoms with Crippen molar-refractivity contribution in [3.05, 3.63) is 42.5 Å². The summed E-state index contributed by atoms with van der Waals surface area (Å²) in [6.45, 7) is 0. The number of hydrogen-bond donors (Lipinski definition) is 2. The molecule has 4 aromatic rings. The lowest BCUT2D eigenvalue weighted by Gasteiger charge is -2.07. The number of methoxy groups -OCH3 is 1. The van der Waals surface area contributed by atoms with Crippen molar-refractivity contribution in [1.29, 1.82) is 0 Å². The Hall–Kier alpha value is -3.15. The summed E-state index contributed by atoms with van der Waals surface area (Å²) in [5.74, 6) is 0.662. The third kappa shape index (κ3) is 1.77. The molecule has 2 N–H and O–H groups in total.